The average molecular weight is 287 g/mol. The molecule has 100 valence electrons. The van der Waals surface area contributed by atoms with E-state index in [9.17, 15) is 5.11 Å². The van der Waals surface area contributed by atoms with Gasteiger partial charge in [-0.25, -0.2) is 0 Å². The Labute approximate surface area is 119 Å². The number of aliphatic hydroxyl groups excluding tert-OH is 1. The second-order valence-electron chi connectivity index (χ2n) is 5.26. The van der Waals surface area contributed by atoms with Gasteiger partial charge in [-0.15, -0.1) is 0 Å². The molecule has 1 saturated carbocycles. The van der Waals surface area contributed by atoms with Crippen molar-refractivity contribution in [1.82, 2.24) is 0 Å². The molecule has 0 heterocycles. The van der Waals surface area contributed by atoms with Crippen LogP contribution >= 0.6 is 23.2 Å². The minimum absolute atomic E-state index is 0.462. The van der Waals surface area contributed by atoms with Crippen molar-refractivity contribution in [3.05, 3.63) is 33.8 Å². The lowest BCUT2D eigenvalue weighted by Crippen LogP contribution is -2.00. The van der Waals surface area contributed by atoms with E-state index in [-0.39, 0.29) is 0 Å². The Morgan fingerprint density at radius 3 is 2.61 bits per heavy atom. The largest absolute Gasteiger partial charge is 0.388 e. The van der Waals surface area contributed by atoms with E-state index in [1.807, 2.05) is 6.07 Å². The number of hydrogen-bond acceptors (Lipinski definition) is 1. The first-order valence-electron chi connectivity index (χ1n) is 6.80. The molecule has 0 aromatic heterocycles. The van der Waals surface area contributed by atoms with Gasteiger partial charge in [0.1, 0.15) is 0 Å². The van der Waals surface area contributed by atoms with Crippen LogP contribution in [0.4, 0.5) is 0 Å². The van der Waals surface area contributed by atoms with Crippen LogP contribution in [0.25, 0.3) is 0 Å². The van der Waals surface area contributed by atoms with E-state index in [2.05, 4.69) is 0 Å². The number of hydrogen-bond donors (Lipinski definition) is 1. The molecular weight excluding hydrogens is 267 g/mol. The SMILES string of the molecule is OC(CCCC1CCCC1)c1ccc(Cl)cc1Cl. The number of benzene rings is 1. The predicted molar refractivity (Wildman–Crippen MR) is 77.2 cm³/mol. The molecule has 1 nitrogen and oxygen atoms in total. The third kappa shape index (κ3) is 3.88. The van der Waals surface area contributed by atoms with Crippen LogP contribution in [0.5, 0.6) is 0 Å². The fourth-order valence-electron chi connectivity index (χ4n) is 2.83. The van der Waals surface area contributed by atoms with Crippen molar-refractivity contribution in [3.8, 4) is 0 Å². The Bertz CT molecular complexity index is 386. The van der Waals surface area contributed by atoms with Crippen LogP contribution in [0.1, 0.15) is 56.6 Å². The molecule has 1 aromatic carbocycles. The van der Waals surface area contributed by atoms with Crippen molar-refractivity contribution in [2.24, 2.45) is 5.92 Å². The van der Waals surface area contributed by atoms with Crippen molar-refractivity contribution in [2.45, 2.75) is 51.0 Å². The van der Waals surface area contributed by atoms with Crippen LogP contribution in [-0.2, 0) is 0 Å². The van der Waals surface area contributed by atoms with Gasteiger partial charge in [-0.05, 0) is 30.0 Å². The smallest absolute Gasteiger partial charge is 0.0804 e. The summed E-state index contributed by atoms with van der Waals surface area (Å²) in [5.41, 5.74) is 0.799. The van der Waals surface area contributed by atoms with Gasteiger partial charge in [-0.2, -0.15) is 0 Å². The van der Waals surface area contributed by atoms with Crippen LogP contribution in [-0.4, -0.2) is 5.11 Å². The summed E-state index contributed by atoms with van der Waals surface area (Å²) in [6.07, 6.45) is 8.16. The quantitative estimate of drug-likeness (QED) is 0.770. The number of aliphatic hydroxyl groups is 1. The summed E-state index contributed by atoms with van der Waals surface area (Å²) in [6.45, 7) is 0. The van der Waals surface area contributed by atoms with Crippen molar-refractivity contribution in [2.75, 3.05) is 0 Å². The Morgan fingerprint density at radius 1 is 1.22 bits per heavy atom. The lowest BCUT2D eigenvalue weighted by Gasteiger charge is -2.14. The molecule has 3 heteroatoms. The molecule has 1 fully saturated rings. The Hall–Kier alpha value is -0.240. The summed E-state index contributed by atoms with van der Waals surface area (Å²) >= 11 is 11.9. The summed E-state index contributed by atoms with van der Waals surface area (Å²) in [7, 11) is 0. The van der Waals surface area contributed by atoms with Gasteiger partial charge in [0.15, 0.2) is 0 Å². The molecule has 1 unspecified atom stereocenters. The molecule has 0 bridgehead atoms. The maximum Gasteiger partial charge on any atom is 0.0804 e. The van der Waals surface area contributed by atoms with Gasteiger partial charge >= 0.3 is 0 Å². The molecule has 1 aliphatic carbocycles. The second-order valence-corrected chi connectivity index (χ2v) is 6.11. The van der Waals surface area contributed by atoms with Crippen molar-refractivity contribution in [1.29, 1.82) is 0 Å². The monoisotopic (exact) mass is 286 g/mol. The number of rotatable bonds is 5. The zero-order valence-electron chi connectivity index (χ0n) is 10.5. The first-order chi connectivity index (χ1) is 8.66. The van der Waals surface area contributed by atoms with Crippen LogP contribution in [0.3, 0.4) is 0 Å². The van der Waals surface area contributed by atoms with E-state index in [1.54, 1.807) is 12.1 Å². The fourth-order valence-corrected chi connectivity index (χ4v) is 3.36. The minimum atomic E-state index is -0.462. The van der Waals surface area contributed by atoms with E-state index in [1.165, 1.54) is 32.1 Å². The molecule has 0 aliphatic heterocycles. The molecular formula is C15H20Cl2O. The third-order valence-electron chi connectivity index (χ3n) is 3.89. The fraction of sp³-hybridized carbons (Fsp3) is 0.600. The van der Waals surface area contributed by atoms with Gasteiger partial charge in [-0.3, -0.25) is 0 Å². The van der Waals surface area contributed by atoms with E-state index >= 15 is 0 Å². The predicted octanol–water partition coefficient (Wildman–Crippen LogP) is 5.39. The summed E-state index contributed by atoms with van der Waals surface area (Å²) in [5.74, 6) is 0.887. The normalized spacial score (nSPS) is 18.2. The standard InChI is InChI=1S/C15H20Cl2O/c16-12-8-9-13(14(17)10-12)15(18)7-3-6-11-4-1-2-5-11/h8-11,15,18H,1-7H2. The van der Waals surface area contributed by atoms with E-state index in [0.717, 1.165) is 24.3 Å². The maximum atomic E-state index is 10.1. The molecule has 0 spiro atoms. The van der Waals surface area contributed by atoms with Gasteiger partial charge in [0.25, 0.3) is 0 Å². The Balaban J connectivity index is 1.81. The second kappa shape index (κ2) is 6.79. The van der Waals surface area contributed by atoms with Gasteiger partial charge in [0, 0.05) is 10.0 Å². The topological polar surface area (TPSA) is 20.2 Å². The Morgan fingerprint density at radius 2 is 1.94 bits per heavy atom. The van der Waals surface area contributed by atoms with E-state index in [0.29, 0.717) is 10.0 Å². The summed E-state index contributed by atoms with van der Waals surface area (Å²) in [6, 6.07) is 5.30. The van der Waals surface area contributed by atoms with Crippen molar-refractivity contribution >= 4 is 23.2 Å². The van der Waals surface area contributed by atoms with Gasteiger partial charge in [-0.1, -0.05) is 67.8 Å². The first-order valence-corrected chi connectivity index (χ1v) is 7.55. The third-order valence-corrected chi connectivity index (χ3v) is 4.45. The lowest BCUT2D eigenvalue weighted by atomic mass is 9.97. The molecule has 0 saturated heterocycles. The lowest BCUT2D eigenvalue weighted by molar-refractivity contribution is 0.161. The zero-order valence-corrected chi connectivity index (χ0v) is 12.1. The van der Waals surface area contributed by atoms with Crippen molar-refractivity contribution in [3.63, 3.8) is 0 Å². The average Bonchev–Trinajstić information content (AvgIpc) is 2.81. The van der Waals surface area contributed by atoms with Gasteiger partial charge in [0.05, 0.1) is 6.10 Å². The highest BCUT2D eigenvalue weighted by Gasteiger charge is 2.16. The van der Waals surface area contributed by atoms with Gasteiger partial charge < -0.3 is 5.11 Å². The van der Waals surface area contributed by atoms with Crippen LogP contribution in [0, 0.1) is 5.92 Å². The number of halogens is 2. The molecule has 0 amide bonds. The van der Waals surface area contributed by atoms with Gasteiger partial charge in [0.2, 0.25) is 0 Å². The zero-order chi connectivity index (χ0) is 13.0. The Kier molecular flexibility index (Phi) is 5.35. The van der Waals surface area contributed by atoms with Crippen LogP contribution in [0.2, 0.25) is 10.0 Å². The highest BCUT2D eigenvalue weighted by Crippen LogP contribution is 2.32. The highest BCUT2D eigenvalue weighted by atomic mass is 35.5. The van der Waals surface area contributed by atoms with Crippen LogP contribution in [0.15, 0.2) is 18.2 Å². The molecule has 1 aromatic rings. The van der Waals surface area contributed by atoms with E-state index in [4.69, 9.17) is 23.2 Å². The first kappa shape index (κ1) is 14.2. The molecule has 2 rings (SSSR count). The maximum absolute atomic E-state index is 10.1. The summed E-state index contributed by atoms with van der Waals surface area (Å²) in [5, 5.41) is 11.3. The molecule has 1 N–H and O–H groups in total. The molecule has 1 aliphatic rings. The molecule has 18 heavy (non-hydrogen) atoms. The summed E-state index contributed by atoms with van der Waals surface area (Å²) < 4.78 is 0. The van der Waals surface area contributed by atoms with E-state index < -0.39 is 6.10 Å². The summed E-state index contributed by atoms with van der Waals surface area (Å²) in [4.78, 5) is 0. The molecule has 0 radical (unpaired) electrons. The highest BCUT2D eigenvalue weighted by molar-refractivity contribution is 6.35. The minimum Gasteiger partial charge on any atom is -0.388 e. The van der Waals surface area contributed by atoms with Crippen molar-refractivity contribution < 1.29 is 5.11 Å². The van der Waals surface area contributed by atoms with Crippen LogP contribution < -0.4 is 0 Å². The molecule has 1 atom stereocenters.